The second-order valence-electron chi connectivity index (χ2n) is 8.29. The second-order valence-corrected chi connectivity index (χ2v) is 8.70. The molecule has 156 valence electrons. The number of carbonyl (C=O) groups excluding carboxylic acids is 1. The number of aromatic nitrogens is 1. The molecule has 2 N–H and O–H groups in total. The number of nitrogens with one attached hydrogen (secondary N) is 2. The van der Waals surface area contributed by atoms with Crippen LogP contribution in [-0.4, -0.2) is 28.9 Å². The highest BCUT2D eigenvalue weighted by molar-refractivity contribution is 6.32. The average Bonchev–Trinajstić information content (AvgIpc) is 2.72. The minimum absolute atomic E-state index is 0.0212. The summed E-state index contributed by atoms with van der Waals surface area (Å²) >= 11 is 6.22. The van der Waals surface area contributed by atoms with E-state index in [4.69, 9.17) is 11.6 Å². The largest absolute Gasteiger partial charge is 0.358 e. The molecule has 0 fully saturated rings. The average molecular weight is 424 g/mol. The van der Waals surface area contributed by atoms with E-state index in [1.807, 2.05) is 36.1 Å². The minimum Gasteiger partial charge on any atom is -0.358 e. The summed E-state index contributed by atoms with van der Waals surface area (Å²) < 4.78 is 0. The number of hydrogen-bond acceptors (Lipinski definition) is 3. The van der Waals surface area contributed by atoms with E-state index in [0.717, 1.165) is 28.0 Å². The zero-order chi connectivity index (χ0) is 21.4. The van der Waals surface area contributed by atoms with Crippen molar-refractivity contribution in [2.45, 2.75) is 39.7 Å². The molecule has 3 aromatic rings. The number of anilines is 1. The molecule has 2 aromatic carbocycles. The van der Waals surface area contributed by atoms with Crippen molar-refractivity contribution in [1.82, 2.24) is 9.88 Å². The van der Waals surface area contributed by atoms with Gasteiger partial charge >= 0.3 is 0 Å². The van der Waals surface area contributed by atoms with Gasteiger partial charge in [-0.15, -0.1) is 0 Å². The Balaban J connectivity index is 1.49. The molecule has 0 radical (unpaired) electrons. The summed E-state index contributed by atoms with van der Waals surface area (Å²) in [5.41, 5.74) is 5.43. The van der Waals surface area contributed by atoms with Crippen LogP contribution >= 0.6 is 11.6 Å². The number of rotatable bonds is 4. The van der Waals surface area contributed by atoms with Gasteiger partial charge in [0, 0.05) is 46.9 Å². The zero-order valence-electron chi connectivity index (χ0n) is 17.5. The molecule has 0 bridgehead atoms. The molecule has 0 atom stereocenters. The summed E-state index contributed by atoms with van der Waals surface area (Å²) in [6.07, 6.45) is 0.697. The molecule has 0 unspecified atom stereocenters. The Kier molecular flexibility index (Phi) is 5.67. The van der Waals surface area contributed by atoms with Gasteiger partial charge in [0.15, 0.2) is 5.43 Å². The molecule has 0 saturated heterocycles. The molecule has 30 heavy (non-hydrogen) atoms. The first-order valence-corrected chi connectivity index (χ1v) is 10.7. The fourth-order valence-electron chi connectivity index (χ4n) is 4.01. The highest BCUT2D eigenvalue weighted by Crippen LogP contribution is 2.25. The fourth-order valence-corrected chi connectivity index (χ4v) is 4.16. The number of H-pyrrole nitrogens is 1. The Hall–Kier alpha value is -2.63. The smallest absolute Gasteiger partial charge is 0.238 e. The van der Waals surface area contributed by atoms with Crippen LogP contribution < -0.4 is 10.7 Å². The van der Waals surface area contributed by atoms with Crippen LogP contribution in [0.3, 0.4) is 0 Å². The number of pyridine rings is 1. The lowest BCUT2D eigenvalue weighted by Gasteiger charge is -2.28. The highest BCUT2D eigenvalue weighted by atomic mass is 35.5. The summed E-state index contributed by atoms with van der Waals surface area (Å²) in [6, 6.07) is 11.5. The predicted octanol–water partition coefficient (Wildman–Crippen LogP) is 4.61. The van der Waals surface area contributed by atoms with Crippen molar-refractivity contribution in [3.63, 3.8) is 0 Å². The minimum atomic E-state index is -0.0735. The molecular formula is C24H26ClN3O2. The maximum atomic E-state index is 13.1. The van der Waals surface area contributed by atoms with Crippen molar-refractivity contribution in [2.75, 3.05) is 18.4 Å². The molecule has 0 saturated carbocycles. The van der Waals surface area contributed by atoms with Crippen LogP contribution in [0.15, 0.2) is 41.2 Å². The molecule has 1 aliphatic rings. The number of carbonyl (C=O) groups is 1. The summed E-state index contributed by atoms with van der Waals surface area (Å²) in [6.45, 7) is 7.63. The monoisotopic (exact) mass is 423 g/mol. The third-order valence-corrected chi connectivity index (χ3v) is 6.26. The first kappa shape index (κ1) is 20.6. The van der Waals surface area contributed by atoms with Gasteiger partial charge in [-0.05, 0) is 48.2 Å². The van der Waals surface area contributed by atoms with Gasteiger partial charge in [0.2, 0.25) is 5.91 Å². The predicted molar refractivity (Wildman–Crippen MR) is 122 cm³/mol. The van der Waals surface area contributed by atoms with Crippen molar-refractivity contribution >= 4 is 34.1 Å². The number of hydrogen-bond donors (Lipinski definition) is 2. The Labute approximate surface area is 181 Å². The van der Waals surface area contributed by atoms with Crippen LogP contribution in [0.2, 0.25) is 5.02 Å². The van der Waals surface area contributed by atoms with E-state index in [1.54, 1.807) is 12.1 Å². The number of fused-ring (bicyclic) bond motifs is 2. The van der Waals surface area contributed by atoms with E-state index in [1.165, 1.54) is 5.56 Å². The lowest BCUT2D eigenvalue weighted by atomic mass is 10.0. The first-order valence-electron chi connectivity index (χ1n) is 10.3. The Morgan fingerprint density at radius 2 is 1.93 bits per heavy atom. The number of aryl methyl sites for hydroxylation is 1. The van der Waals surface area contributed by atoms with Gasteiger partial charge in [-0.2, -0.15) is 0 Å². The van der Waals surface area contributed by atoms with Crippen molar-refractivity contribution in [3.05, 3.63) is 74.0 Å². The van der Waals surface area contributed by atoms with Crippen molar-refractivity contribution in [1.29, 1.82) is 0 Å². The molecule has 5 nitrogen and oxygen atoms in total. The Morgan fingerprint density at radius 1 is 1.20 bits per heavy atom. The molecule has 1 aliphatic heterocycles. The van der Waals surface area contributed by atoms with Gasteiger partial charge < -0.3 is 10.3 Å². The number of amides is 1. The van der Waals surface area contributed by atoms with E-state index in [2.05, 4.69) is 24.1 Å². The van der Waals surface area contributed by atoms with Crippen molar-refractivity contribution in [3.8, 4) is 0 Å². The topological polar surface area (TPSA) is 65.2 Å². The van der Waals surface area contributed by atoms with Crippen LogP contribution in [-0.2, 0) is 17.8 Å². The molecule has 1 amide bonds. The van der Waals surface area contributed by atoms with Crippen molar-refractivity contribution in [2.24, 2.45) is 0 Å². The summed E-state index contributed by atoms with van der Waals surface area (Å²) in [4.78, 5) is 31.0. The standard InChI is InChI=1S/C24H26ClN3O2/c1-14(2)16-4-6-17(7-5-16)26-22(29)13-28-11-10-21-19(12-28)24(30)18-8-9-20(25)15(3)23(18)27-21/h4-9,14H,10-13H2,1-3H3,(H,26,29)(H,27,30). The summed E-state index contributed by atoms with van der Waals surface area (Å²) in [7, 11) is 0. The van der Waals surface area contributed by atoms with E-state index >= 15 is 0 Å². The number of aromatic amines is 1. The second kappa shape index (κ2) is 8.25. The SMILES string of the molecule is Cc1c(Cl)ccc2c(=O)c3c([nH]c12)CCN(CC(=O)Nc1ccc(C(C)C)cc1)C3. The number of nitrogens with zero attached hydrogens (tertiary/aromatic N) is 1. The maximum absolute atomic E-state index is 13.1. The lowest BCUT2D eigenvalue weighted by molar-refractivity contribution is -0.117. The Morgan fingerprint density at radius 3 is 2.63 bits per heavy atom. The fraction of sp³-hybridized carbons (Fsp3) is 0.333. The highest BCUT2D eigenvalue weighted by Gasteiger charge is 2.23. The normalized spacial score (nSPS) is 14.2. The zero-order valence-corrected chi connectivity index (χ0v) is 18.3. The van der Waals surface area contributed by atoms with Gasteiger partial charge in [-0.3, -0.25) is 14.5 Å². The van der Waals surface area contributed by atoms with Crippen LogP contribution in [0.4, 0.5) is 5.69 Å². The van der Waals surface area contributed by atoms with E-state index in [9.17, 15) is 9.59 Å². The van der Waals surface area contributed by atoms with Crippen LogP contribution in [0, 0.1) is 6.92 Å². The van der Waals surface area contributed by atoms with Gasteiger partial charge in [0.1, 0.15) is 0 Å². The van der Waals surface area contributed by atoms with Crippen molar-refractivity contribution < 1.29 is 4.79 Å². The number of halogens is 1. The molecular weight excluding hydrogens is 398 g/mol. The quantitative estimate of drug-likeness (QED) is 0.644. The third kappa shape index (κ3) is 4.00. The van der Waals surface area contributed by atoms with Gasteiger partial charge in [-0.1, -0.05) is 37.6 Å². The maximum Gasteiger partial charge on any atom is 0.238 e. The van der Waals surface area contributed by atoms with Gasteiger partial charge in [-0.25, -0.2) is 0 Å². The molecule has 4 rings (SSSR count). The number of benzene rings is 2. The summed E-state index contributed by atoms with van der Waals surface area (Å²) in [5.74, 6) is 0.382. The van der Waals surface area contributed by atoms with Gasteiger partial charge in [0.25, 0.3) is 0 Å². The van der Waals surface area contributed by atoms with E-state index < -0.39 is 0 Å². The molecule has 1 aromatic heterocycles. The Bertz CT molecular complexity index is 1170. The van der Waals surface area contributed by atoms with Crippen LogP contribution in [0.5, 0.6) is 0 Å². The van der Waals surface area contributed by atoms with Crippen LogP contribution in [0.1, 0.15) is 42.1 Å². The lowest BCUT2D eigenvalue weighted by Crippen LogP contribution is -2.39. The molecule has 6 heteroatoms. The van der Waals surface area contributed by atoms with E-state index in [-0.39, 0.29) is 17.9 Å². The first-order chi connectivity index (χ1) is 14.3. The third-order valence-electron chi connectivity index (χ3n) is 5.85. The summed E-state index contributed by atoms with van der Waals surface area (Å²) in [5, 5.41) is 4.25. The van der Waals surface area contributed by atoms with Crippen LogP contribution in [0.25, 0.3) is 10.9 Å². The van der Waals surface area contributed by atoms with Gasteiger partial charge in [0.05, 0.1) is 12.1 Å². The molecule has 0 aliphatic carbocycles. The van der Waals surface area contributed by atoms with E-state index in [0.29, 0.717) is 35.8 Å². The molecule has 2 heterocycles. The molecule has 0 spiro atoms.